The van der Waals surface area contributed by atoms with Crippen LogP contribution in [-0.2, 0) is 5.60 Å². The molecule has 0 radical (unpaired) electrons. The van der Waals surface area contributed by atoms with Crippen molar-refractivity contribution in [3.63, 3.8) is 0 Å². The third-order valence-electron chi connectivity index (χ3n) is 2.83. The van der Waals surface area contributed by atoms with Gasteiger partial charge in [0, 0.05) is 5.56 Å². The maximum Gasteiger partial charge on any atom is 0.251 e. The van der Waals surface area contributed by atoms with Gasteiger partial charge in [0.15, 0.2) is 11.6 Å². The van der Waals surface area contributed by atoms with E-state index in [1.807, 2.05) is 0 Å². The van der Waals surface area contributed by atoms with Crippen LogP contribution in [0.15, 0.2) is 41.0 Å². The van der Waals surface area contributed by atoms with Crippen molar-refractivity contribution >= 4 is 5.91 Å². The smallest absolute Gasteiger partial charge is 0.251 e. The molecule has 0 fully saturated rings. The van der Waals surface area contributed by atoms with Crippen molar-refractivity contribution in [1.82, 2.24) is 5.32 Å². The number of carbonyl (C=O) groups is 1. The molecule has 0 unspecified atom stereocenters. The molecule has 6 heteroatoms. The predicted octanol–water partition coefficient (Wildman–Crippen LogP) is 2.20. The summed E-state index contributed by atoms with van der Waals surface area (Å²) in [4.78, 5) is 11.8. The average Bonchev–Trinajstić information content (AvgIpc) is 2.94. The van der Waals surface area contributed by atoms with E-state index in [4.69, 9.17) is 4.42 Å². The van der Waals surface area contributed by atoms with Gasteiger partial charge in [-0.3, -0.25) is 4.79 Å². The summed E-state index contributed by atoms with van der Waals surface area (Å²) < 4.78 is 30.8. The topological polar surface area (TPSA) is 62.5 Å². The fraction of sp³-hybridized carbons (Fsp3) is 0.214. The van der Waals surface area contributed by atoms with E-state index >= 15 is 0 Å². The summed E-state index contributed by atoms with van der Waals surface area (Å²) in [5.41, 5.74) is -1.42. The largest absolute Gasteiger partial charge is 0.466 e. The summed E-state index contributed by atoms with van der Waals surface area (Å²) in [7, 11) is 0. The molecule has 1 aromatic carbocycles. The van der Waals surface area contributed by atoms with E-state index in [2.05, 4.69) is 5.32 Å². The van der Waals surface area contributed by atoms with Crippen molar-refractivity contribution in [3.8, 4) is 0 Å². The maximum atomic E-state index is 13.0. The third kappa shape index (κ3) is 3.03. The number of hydrogen-bond donors (Lipinski definition) is 2. The van der Waals surface area contributed by atoms with Gasteiger partial charge in [-0.15, -0.1) is 0 Å². The Balaban J connectivity index is 2.03. The minimum absolute atomic E-state index is 0.0286. The van der Waals surface area contributed by atoms with Crippen LogP contribution in [0.25, 0.3) is 0 Å². The quantitative estimate of drug-likeness (QED) is 0.903. The van der Waals surface area contributed by atoms with Crippen LogP contribution in [0.5, 0.6) is 0 Å². The average molecular weight is 281 g/mol. The molecule has 0 aliphatic rings. The van der Waals surface area contributed by atoms with Gasteiger partial charge >= 0.3 is 0 Å². The highest BCUT2D eigenvalue weighted by Gasteiger charge is 2.27. The maximum absolute atomic E-state index is 13.0. The van der Waals surface area contributed by atoms with Gasteiger partial charge in [-0.2, -0.15) is 0 Å². The third-order valence-corrected chi connectivity index (χ3v) is 2.83. The zero-order valence-corrected chi connectivity index (χ0v) is 10.7. The van der Waals surface area contributed by atoms with Crippen LogP contribution in [0.3, 0.4) is 0 Å². The van der Waals surface area contributed by atoms with Crippen LogP contribution >= 0.6 is 0 Å². The van der Waals surface area contributed by atoms with Crippen molar-refractivity contribution in [2.45, 2.75) is 12.5 Å². The van der Waals surface area contributed by atoms with Crippen LogP contribution in [-0.4, -0.2) is 17.6 Å². The van der Waals surface area contributed by atoms with Crippen molar-refractivity contribution in [3.05, 3.63) is 59.6 Å². The van der Waals surface area contributed by atoms with Crippen LogP contribution in [0.2, 0.25) is 0 Å². The number of amides is 1. The van der Waals surface area contributed by atoms with Gasteiger partial charge in [0.05, 0.1) is 12.8 Å². The molecule has 2 aromatic rings. The van der Waals surface area contributed by atoms with E-state index in [0.29, 0.717) is 5.76 Å². The number of aliphatic hydroxyl groups is 1. The molecule has 0 aliphatic heterocycles. The molecule has 1 amide bonds. The lowest BCUT2D eigenvalue weighted by Crippen LogP contribution is -2.38. The number of carbonyl (C=O) groups excluding carboxylic acids is 1. The molecule has 0 aliphatic carbocycles. The first-order chi connectivity index (χ1) is 9.40. The summed E-state index contributed by atoms with van der Waals surface area (Å²) >= 11 is 0. The summed E-state index contributed by atoms with van der Waals surface area (Å²) in [5, 5.41) is 12.6. The van der Waals surface area contributed by atoms with Gasteiger partial charge in [-0.25, -0.2) is 8.78 Å². The molecule has 1 heterocycles. The highest BCUT2D eigenvalue weighted by Crippen LogP contribution is 2.20. The molecule has 106 valence electrons. The Hall–Kier alpha value is -2.21. The molecule has 0 spiro atoms. The van der Waals surface area contributed by atoms with Gasteiger partial charge in [0.25, 0.3) is 5.91 Å². The van der Waals surface area contributed by atoms with Crippen molar-refractivity contribution in [1.29, 1.82) is 0 Å². The molecule has 1 aromatic heterocycles. The number of rotatable bonds is 4. The molecule has 20 heavy (non-hydrogen) atoms. The zero-order valence-electron chi connectivity index (χ0n) is 10.7. The lowest BCUT2D eigenvalue weighted by atomic mass is 10.0. The van der Waals surface area contributed by atoms with E-state index in [1.54, 1.807) is 12.1 Å². The standard InChI is InChI=1S/C14H13F2NO3/c1-14(19,12-3-2-6-20-12)8-17-13(18)9-4-5-10(15)11(16)7-9/h2-7,19H,8H2,1H3,(H,17,18)/t14-/m0/s1. The second kappa shape index (κ2) is 5.42. The lowest BCUT2D eigenvalue weighted by molar-refractivity contribution is 0.0330. The SMILES string of the molecule is C[C@](O)(CNC(=O)c1ccc(F)c(F)c1)c1ccco1. The number of benzene rings is 1. The van der Waals surface area contributed by atoms with Gasteiger partial charge in [-0.05, 0) is 37.3 Å². The van der Waals surface area contributed by atoms with E-state index < -0.39 is 23.1 Å². The minimum Gasteiger partial charge on any atom is -0.466 e. The second-order valence-electron chi connectivity index (χ2n) is 4.56. The second-order valence-corrected chi connectivity index (χ2v) is 4.56. The number of furan rings is 1. The zero-order chi connectivity index (χ0) is 14.8. The van der Waals surface area contributed by atoms with Crippen LogP contribution in [0.4, 0.5) is 8.78 Å². The summed E-state index contributed by atoms with van der Waals surface area (Å²) in [6, 6.07) is 6.02. The van der Waals surface area contributed by atoms with Crippen molar-refractivity contribution < 1.29 is 23.1 Å². The Morgan fingerprint density at radius 3 is 2.70 bits per heavy atom. The minimum atomic E-state index is -1.39. The summed E-state index contributed by atoms with van der Waals surface area (Å²) in [6.45, 7) is 1.34. The Morgan fingerprint density at radius 2 is 2.10 bits per heavy atom. The van der Waals surface area contributed by atoms with E-state index in [0.717, 1.165) is 18.2 Å². The molecular weight excluding hydrogens is 268 g/mol. The number of nitrogens with one attached hydrogen (secondary N) is 1. The van der Waals surface area contributed by atoms with Gasteiger partial charge in [0.2, 0.25) is 0 Å². The van der Waals surface area contributed by atoms with E-state index in [-0.39, 0.29) is 12.1 Å². The molecule has 0 saturated heterocycles. The Bertz CT molecular complexity index is 609. The first kappa shape index (κ1) is 14.2. The summed E-state index contributed by atoms with van der Waals surface area (Å²) in [6.07, 6.45) is 1.40. The first-order valence-corrected chi connectivity index (χ1v) is 5.90. The van der Waals surface area contributed by atoms with Gasteiger partial charge in [0.1, 0.15) is 11.4 Å². The molecule has 0 saturated carbocycles. The predicted molar refractivity (Wildman–Crippen MR) is 67.0 cm³/mol. The Labute approximate surface area is 114 Å². The lowest BCUT2D eigenvalue weighted by Gasteiger charge is -2.21. The summed E-state index contributed by atoms with van der Waals surface area (Å²) in [5.74, 6) is -2.45. The monoisotopic (exact) mass is 281 g/mol. The molecule has 1 atom stereocenters. The molecule has 2 N–H and O–H groups in total. The number of halogens is 2. The first-order valence-electron chi connectivity index (χ1n) is 5.90. The molecule has 4 nitrogen and oxygen atoms in total. The van der Waals surface area contributed by atoms with Crippen molar-refractivity contribution in [2.24, 2.45) is 0 Å². The van der Waals surface area contributed by atoms with Crippen LogP contribution in [0, 0.1) is 11.6 Å². The fourth-order valence-corrected chi connectivity index (χ4v) is 1.66. The van der Waals surface area contributed by atoms with Gasteiger partial charge < -0.3 is 14.8 Å². The van der Waals surface area contributed by atoms with Crippen LogP contribution < -0.4 is 5.32 Å². The molecular formula is C14H13F2NO3. The number of hydrogen-bond acceptors (Lipinski definition) is 3. The highest BCUT2D eigenvalue weighted by molar-refractivity contribution is 5.94. The van der Waals surface area contributed by atoms with E-state index in [1.165, 1.54) is 13.2 Å². The molecule has 2 rings (SSSR count). The van der Waals surface area contributed by atoms with Gasteiger partial charge in [-0.1, -0.05) is 0 Å². The van der Waals surface area contributed by atoms with E-state index in [9.17, 15) is 18.7 Å². The fourth-order valence-electron chi connectivity index (χ4n) is 1.66. The molecule has 0 bridgehead atoms. The Morgan fingerprint density at radius 1 is 1.35 bits per heavy atom. The highest BCUT2D eigenvalue weighted by atomic mass is 19.2. The van der Waals surface area contributed by atoms with Crippen LogP contribution in [0.1, 0.15) is 23.0 Å². The Kier molecular flexibility index (Phi) is 3.85. The normalized spacial score (nSPS) is 13.8. The van der Waals surface area contributed by atoms with Crippen molar-refractivity contribution in [2.75, 3.05) is 6.54 Å².